The normalized spacial score (nSPS) is 33.2. The van der Waals surface area contributed by atoms with Gasteiger partial charge in [-0.15, -0.1) is 6.58 Å². The van der Waals surface area contributed by atoms with Crippen LogP contribution in [0.25, 0.3) is 0 Å². The number of esters is 1. The first-order valence-electron chi connectivity index (χ1n) is 13.3. The number of benzene rings is 1. The molecule has 0 spiro atoms. The van der Waals surface area contributed by atoms with Gasteiger partial charge in [-0.25, -0.2) is 4.79 Å². The van der Waals surface area contributed by atoms with Crippen LogP contribution in [0.4, 0.5) is 0 Å². The molecule has 1 amide bonds. The third-order valence-electron chi connectivity index (χ3n) is 8.00. The molecule has 41 heavy (non-hydrogen) atoms. The lowest BCUT2D eigenvalue weighted by atomic mass is 9.76. The molecule has 5 N–H and O–H groups in total. The van der Waals surface area contributed by atoms with Crippen LogP contribution in [0, 0.1) is 11.8 Å². The zero-order chi connectivity index (χ0) is 30.0. The Bertz CT molecular complexity index is 1170. The molecule has 0 aromatic heterocycles. The summed E-state index contributed by atoms with van der Waals surface area (Å²) in [6, 6.07) is 2.71. The van der Waals surface area contributed by atoms with Crippen molar-refractivity contribution in [3.63, 3.8) is 0 Å². The van der Waals surface area contributed by atoms with Gasteiger partial charge in [-0.2, -0.15) is 0 Å². The number of phenols is 1. The van der Waals surface area contributed by atoms with Gasteiger partial charge in [0.2, 0.25) is 12.2 Å². The molecule has 1 aromatic carbocycles. The molecule has 13 heteroatoms. The smallest absolute Gasteiger partial charge is 0.337 e. The van der Waals surface area contributed by atoms with E-state index in [-0.39, 0.29) is 23.7 Å². The Kier molecular flexibility index (Phi) is 9.57. The first-order chi connectivity index (χ1) is 19.6. The topological polar surface area (TPSA) is 185 Å². The monoisotopic (exact) mass is 579 g/mol. The quantitative estimate of drug-likeness (QED) is 0.204. The summed E-state index contributed by atoms with van der Waals surface area (Å²) in [6.45, 7) is 5.09. The molecule has 0 radical (unpaired) electrons. The number of methoxy groups -OCH3 is 2. The Morgan fingerprint density at radius 2 is 1.88 bits per heavy atom. The number of aliphatic hydroxyl groups excluding tert-OH is 4. The second-order valence-electron chi connectivity index (χ2n) is 10.3. The van der Waals surface area contributed by atoms with Crippen molar-refractivity contribution in [1.82, 2.24) is 4.90 Å². The molecule has 3 heterocycles. The fourth-order valence-electron chi connectivity index (χ4n) is 5.78. The number of aliphatic hydroxyl groups is 4. The van der Waals surface area contributed by atoms with Crippen molar-refractivity contribution < 1.29 is 58.8 Å². The number of carbonyl (C=O) groups excluding carboxylic acids is 2. The first kappa shape index (κ1) is 30.8. The van der Waals surface area contributed by atoms with E-state index in [2.05, 4.69) is 6.58 Å². The summed E-state index contributed by atoms with van der Waals surface area (Å²) in [6.07, 6.45) is -5.42. The molecule has 0 unspecified atom stereocenters. The number of carbonyl (C=O) groups is 2. The standard InChI is InChI=1S/C28H37NO12/c1-5-15-17(9-19-16-10-20(32)21(37-3)8-14(16)6-7-29(19)13(2)31)18(26(36)38-4)12-39-27(15)41-28-25(35)24(34)23(33)22(11-30)40-28/h5,8,10,12,15,17,19,22-25,27-28,30,32-35H,1,6-7,9,11H2,2-4H3/t15-,17-,19+,22-,23-,24+,25-,27-,28-/m0/s1. The molecule has 3 aliphatic rings. The zero-order valence-corrected chi connectivity index (χ0v) is 23.1. The minimum atomic E-state index is -1.68. The SMILES string of the molecule is C=C[C@@H]1[C@H](O[C@@H]2O[C@@H](CO)[C@H](O)[C@@H](O)[C@@H]2O)OC=C(C(=O)OC)[C@H]1C[C@@H]1c2cc(O)c(OC)cc2CCN1C(C)=O. The van der Waals surface area contributed by atoms with Crippen LogP contribution in [0.2, 0.25) is 0 Å². The lowest BCUT2D eigenvalue weighted by Crippen LogP contribution is -2.60. The van der Waals surface area contributed by atoms with Gasteiger partial charge in [0.05, 0.1) is 38.7 Å². The Balaban J connectivity index is 1.70. The van der Waals surface area contributed by atoms with Crippen molar-refractivity contribution >= 4 is 11.9 Å². The maximum Gasteiger partial charge on any atom is 0.337 e. The van der Waals surface area contributed by atoms with E-state index in [4.69, 9.17) is 23.7 Å². The van der Waals surface area contributed by atoms with Crippen LogP contribution >= 0.6 is 0 Å². The average Bonchev–Trinajstić information content (AvgIpc) is 2.96. The Hall–Kier alpha value is -3.20. The number of hydrogen-bond donors (Lipinski definition) is 5. The van der Waals surface area contributed by atoms with Crippen LogP contribution in [0.5, 0.6) is 11.5 Å². The lowest BCUT2D eigenvalue weighted by molar-refractivity contribution is -0.339. The fourth-order valence-corrected chi connectivity index (χ4v) is 5.78. The first-order valence-corrected chi connectivity index (χ1v) is 13.3. The van der Waals surface area contributed by atoms with Gasteiger partial charge in [-0.1, -0.05) is 6.08 Å². The van der Waals surface area contributed by atoms with Crippen LogP contribution in [0.15, 0.2) is 36.6 Å². The van der Waals surface area contributed by atoms with Crippen LogP contribution < -0.4 is 4.74 Å². The summed E-state index contributed by atoms with van der Waals surface area (Å²) in [7, 11) is 2.67. The third kappa shape index (κ3) is 5.92. The van der Waals surface area contributed by atoms with Crippen molar-refractivity contribution in [3.05, 3.63) is 47.7 Å². The number of rotatable bonds is 8. The van der Waals surface area contributed by atoms with Crippen molar-refractivity contribution in [2.75, 3.05) is 27.4 Å². The highest BCUT2D eigenvalue weighted by Crippen LogP contribution is 2.45. The Labute approximate surface area is 237 Å². The van der Waals surface area contributed by atoms with Crippen LogP contribution in [-0.2, 0) is 35.0 Å². The van der Waals surface area contributed by atoms with Gasteiger partial charge >= 0.3 is 5.97 Å². The molecule has 0 saturated carbocycles. The summed E-state index contributed by atoms with van der Waals surface area (Å²) in [5, 5.41) is 50.9. The van der Waals surface area contributed by atoms with E-state index in [1.54, 1.807) is 17.0 Å². The van der Waals surface area contributed by atoms with Crippen molar-refractivity contribution in [3.8, 4) is 11.5 Å². The van der Waals surface area contributed by atoms with Gasteiger partial charge in [-0.3, -0.25) is 4.79 Å². The van der Waals surface area contributed by atoms with Crippen LogP contribution in [0.3, 0.4) is 0 Å². The van der Waals surface area contributed by atoms with Crippen molar-refractivity contribution in [1.29, 1.82) is 0 Å². The van der Waals surface area contributed by atoms with Crippen molar-refractivity contribution in [2.24, 2.45) is 11.8 Å². The van der Waals surface area contributed by atoms with Gasteiger partial charge in [0.25, 0.3) is 0 Å². The van der Waals surface area contributed by atoms with Crippen molar-refractivity contribution in [2.45, 2.75) is 62.8 Å². The third-order valence-corrected chi connectivity index (χ3v) is 8.00. The Morgan fingerprint density at radius 3 is 2.49 bits per heavy atom. The van der Waals surface area contributed by atoms with Gasteiger partial charge < -0.3 is 54.1 Å². The minimum Gasteiger partial charge on any atom is -0.504 e. The molecule has 1 aromatic rings. The number of amides is 1. The van der Waals surface area contributed by atoms with E-state index in [0.717, 1.165) is 5.56 Å². The van der Waals surface area contributed by atoms with E-state index < -0.39 is 67.4 Å². The van der Waals surface area contributed by atoms with Gasteiger partial charge in [-0.05, 0) is 36.1 Å². The van der Waals surface area contributed by atoms with Gasteiger partial charge in [0, 0.05) is 25.3 Å². The second-order valence-corrected chi connectivity index (χ2v) is 10.3. The fraction of sp³-hybridized carbons (Fsp3) is 0.571. The molecule has 1 saturated heterocycles. The van der Waals surface area contributed by atoms with E-state index in [9.17, 15) is 35.1 Å². The number of nitrogens with zero attached hydrogens (tertiary/aromatic N) is 1. The van der Waals surface area contributed by atoms with Crippen LogP contribution in [0.1, 0.15) is 30.5 Å². The molecular formula is C28H37NO12. The number of aromatic hydroxyl groups is 1. The maximum atomic E-state index is 12.9. The number of hydrogen-bond acceptors (Lipinski definition) is 12. The molecule has 0 bridgehead atoms. The summed E-state index contributed by atoms with van der Waals surface area (Å²) >= 11 is 0. The van der Waals surface area contributed by atoms with E-state index in [0.29, 0.717) is 24.3 Å². The molecule has 13 nitrogen and oxygen atoms in total. The summed E-state index contributed by atoms with van der Waals surface area (Å²) < 4.78 is 27.4. The highest BCUT2D eigenvalue weighted by atomic mass is 16.8. The van der Waals surface area contributed by atoms with E-state index in [1.807, 2.05) is 0 Å². The molecule has 226 valence electrons. The van der Waals surface area contributed by atoms with E-state index in [1.165, 1.54) is 33.5 Å². The molecular weight excluding hydrogens is 542 g/mol. The Morgan fingerprint density at radius 1 is 1.15 bits per heavy atom. The molecule has 0 aliphatic carbocycles. The molecule has 3 aliphatic heterocycles. The molecule has 1 fully saturated rings. The zero-order valence-electron chi connectivity index (χ0n) is 23.1. The highest BCUT2D eigenvalue weighted by molar-refractivity contribution is 5.89. The summed E-state index contributed by atoms with van der Waals surface area (Å²) in [4.78, 5) is 27.2. The lowest BCUT2D eigenvalue weighted by Gasteiger charge is -2.44. The van der Waals surface area contributed by atoms with Gasteiger partial charge in [0.15, 0.2) is 17.8 Å². The second kappa shape index (κ2) is 12.8. The summed E-state index contributed by atoms with van der Waals surface area (Å²) in [5.41, 5.74) is 1.72. The minimum absolute atomic E-state index is 0.0959. The number of fused-ring (bicyclic) bond motifs is 1. The molecule has 4 rings (SSSR count). The largest absolute Gasteiger partial charge is 0.504 e. The predicted molar refractivity (Wildman–Crippen MR) is 140 cm³/mol. The maximum absolute atomic E-state index is 12.9. The summed E-state index contributed by atoms with van der Waals surface area (Å²) in [5.74, 6) is -2.11. The predicted octanol–water partition coefficient (Wildman–Crippen LogP) is -0.115. The highest BCUT2D eigenvalue weighted by Gasteiger charge is 2.48. The average molecular weight is 580 g/mol. The molecule has 9 atom stereocenters. The number of phenolic OH excluding ortho intramolecular Hbond substituents is 1. The number of ether oxygens (including phenoxy) is 5. The van der Waals surface area contributed by atoms with Crippen LogP contribution in [-0.4, -0.2) is 107 Å². The van der Waals surface area contributed by atoms with Gasteiger partial charge in [0.1, 0.15) is 24.4 Å². The van der Waals surface area contributed by atoms with E-state index >= 15 is 0 Å².